The Morgan fingerprint density at radius 1 is 1.27 bits per heavy atom. The van der Waals surface area contributed by atoms with Gasteiger partial charge >= 0.3 is 0 Å². The van der Waals surface area contributed by atoms with Gasteiger partial charge in [0.2, 0.25) is 0 Å². The standard InChI is InChI=1S/C19H15ClN2O3S/c1-19(2)9-14(23)12-7-10(3-6-15(12)25-19)17(24)22-18-21-13-5-4-11(20)8-16(13)26-18/h3-8H,9H2,1-2H3,(H,21,22,24). The predicted molar refractivity (Wildman–Crippen MR) is 103 cm³/mol. The highest BCUT2D eigenvalue weighted by atomic mass is 35.5. The monoisotopic (exact) mass is 386 g/mol. The first-order chi connectivity index (χ1) is 12.3. The summed E-state index contributed by atoms with van der Waals surface area (Å²) in [6.45, 7) is 3.74. The van der Waals surface area contributed by atoms with E-state index in [1.54, 1.807) is 36.4 Å². The van der Waals surface area contributed by atoms with Crippen LogP contribution in [0.15, 0.2) is 36.4 Å². The zero-order valence-electron chi connectivity index (χ0n) is 14.1. The third-order valence-corrected chi connectivity index (χ3v) is 5.25. The molecule has 0 spiro atoms. The van der Waals surface area contributed by atoms with Crippen molar-refractivity contribution in [2.45, 2.75) is 25.9 Å². The number of nitrogens with one attached hydrogen (secondary N) is 1. The summed E-state index contributed by atoms with van der Waals surface area (Å²) in [5.41, 5.74) is 1.06. The zero-order chi connectivity index (χ0) is 18.5. The number of halogens is 1. The SMILES string of the molecule is CC1(C)CC(=O)c2cc(C(=O)Nc3nc4ccc(Cl)cc4s3)ccc2O1. The van der Waals surface area contributed by atoms with Gasteiger partial charge in [0, 0.05) is 10.6 Å². The third-order valence-electron chi connectivity index (χ3n) is 4.09. The summed E-state index contributed by atoms with van der Waals surface area (Å²) in [7, 11) is 0. The highest BCUT2D eigenvalue weighted by Gasteiger charge is 2.32. The van der Waals surface area contributed by atoms with Crippen LogP contribution in [0.4, 0.5) is 5.13 Å². The number of benzene rings is 2. The summed E-state index contributed by atoms with van der Waals surface area (Å²) in [4.78, 5) is 29.3. The van der Waals surface area contributed by atoms with Crippen molar-refractivity contribution in [3.63, 3.8) is 0 Å². The molecule has 0 aliphatic carbocycles. The topological polar surface area (TPSA) is 68.3 Å². The lowest BCUT2D eigenvalue weighted by Crippen LogP contribution is -2.36. The van der Waals surface area contributed by atoms with Crippen molar-refractivity contribution in [2.24, 2.45) is 0 Å². The molecule has 4 rings (SSSR count). The molecule has 2 heterocycles. The Hall–Kier alpha value is -2.44. The molecule has 7 heteroatoms. The normalized spacial score (nSPS) is 15.4. The number of fused-ring (bicyclic) bond motifs is 2. The van der Waals surface area contributed by atoms with Crippen molar-refractivity contribution in [2.75, 3.05) is 5.32 Å². The first kappa shape index (κ1) is 17.0. The second kappa shape index (κ2) is 6.07. The molecule has 0 saturated carbocycles. The molecular formula is C19H15ClN2O3S. The summed E-state index contributed by atoms with van der Waals surface area (Å²) in [6, 6.07) is 10.3. The van der Waals surface area contributed by atoms with E-state index in [2.05, 4.69) is 10.3 Å². The van der Waals surface area contributed by atoms with Gasteiger partial charge in [-0.1, -0.05) is 22.9 Å². The minimum absolute atomic E-state index is 0.0273. The van der Waals surface area contributed by atoms with E-state index in [1.165, 1.54) is 11.3 Å². The number of hydrogen-bond donors (Lipinski definition) is 1. The molecule has 1 amide bonds. The number of hydrogen-bond acceptors (Lipinski definition) is 5. The average molecular weight is 387 g/mol. The Balaban J connectivity index is 1.60. The predicted octanol–water partition coefficient (Wildman–Crippen LogP) is 4.95. The minimum Gasteiger partial charge on any atom is -0.487 e. The van der Waals surface area contributed by atoms with E-state index in [-0.39, 0.29) is 18.1 Å². The van der Waals surface area contributed by atoms with Crippen molar-refractivity contribution < 1.29 is 14.3 Å². The lowest BCUT2D eigenvalue weighted by atomic mass is 9.92. The average Bonchev–Trinajstić information content (AvgIpc) is 2.94. The summed E-state index contributed by atoms with van der Waals surface area (Å²) in [5.74, 6) is 0.161. The number of nitrogens with zero attached hydrogens (tertiary/aromatic N) is 1. The van der Waals surface area contributed by atoms with Gasteiger partial charge in [0.15, 0.2) is 10.9 Å². The third kappa shape index (κ3) is 3.18. The van der Waals surface area contributed by atoms with Crippen molar-refractivity contribution >= 4 is 50.0 Å². The maximum atomic E-state index is 12.6. The maximum absolute atomic E-state index is 12.6. The van der Waals surface area contributed by atoms with Crippen LogP contribution >= 0.6 is 22.9 Å². The number of aromatic nitrogens is 1. The Bertz CT molecular complexity index is 1060. The second-order valence-corrected chi connectivity index (χ2v) is 8.22. The Kier molecular flexibility index (Phi) is 3.97. The molecule has 1 N–H and O–H groups in total. The number of carbonyl (C=O) groups is 2. The van der Waals surface area contributed by atoms with Crippen LogP contribution in [0.2, 0.25) is 5.02 Å². The van der Waals surface area contributed by atoms with Gasteiger partial charge in [-0.2, -0.15) is 0 Å². The molecule has 0 bridgehead atoms. The molecule has 0 radical (unpaired) electrons. The van der Waals surface area contributed by atoms with E-state index in [1.807, 2.05) is 13.8 Å². The first-order valence-electron chi connectivity index (χ1n) is 8.04. The largest absolute Gasteiger partial charge is 0.487 e. The van der Waals surface area contributed by atoms with Gasteiger partial charge in [0.25, 0.3) is 5.91 Å². The van der Waals surface area contributed by atoms with Gasteiger partial charge in [-0.3, -0.25) is 14.9 Å². The van der Waals surface area contributed by atoms with Crippen LogP contribution in [0.25, 0.3) is 10.2 Å². The molecule has 0 unspecified atom stereocenters. The lowest BCUT2D eigenvalue weighted by molar-refractivity contribution is 0.0620. The molecular weight excluding hydrogens is 372 g/mol. The van der Waals surface area contributed by atoms with Crippen LogP contribution in [0.5, 0.6) is 5.75 Å². The molecule has 5 nitrogen and oxygen atoms in total. The summed E-state index contributed by atoms with van der Waals surface area (Å²) in [6.07, 6.45) is 0.281. The molecule has 1 aromatic heterocycles. The maximum Gasteiger partial charge on any atom is 0.257 e. The van der Waals surface area contributed by atoms with E-state index in [0.717, 1.165) is 10.2 Å². The molecule has 0 fully saturated rings. The molecule has 26 heavy (non-hydrogen) atoms. The van der Waals surface area contributed by atoms with Crippen LogP contribution in [0.3, 0.4) is 0 Å². The van der Waals surface area contributed by atoms with Crippen LogP contribution in [-0.2, 0) is 0 Å². The van der Waals surface area contributed by atoms with Crippen molar-refractivity contribution in [1.29, 1.82) is 0 Å². The van der Waals surface area contributed by atoms with Gasteiger partial charge < -0.3 is 4.74 Å². The molecule has 0 atom stereocenters. The Morgan fingerprint density at radius 3 is 2.88 bits per heavy atom. The quantitative estimate of drug-likeness (QED) is 0.676. The van der Waals surface area contributed by atoms with E-state index in [0.29, 0.717) is 27.0 Å². The van der Waals surface area contributed by atoms with Crippen molar-refractivity contribution in [3.8, 4) is 5.75 Å². The number of rotatable bonds is 2. The van der Waals surface area contributed by atoms with E-state index in [4.69, 9.17) is 16.3 Å². The highest BCUT2D eigenvalue weighted by Crippen LogP contribution is 2.34. The van der Waals surface area contributed by atoms with Crippen LogP contribution in [0, 0.1) is 0 Å². The van der Waals surface area contributed by atoms with Crippen LogP contribution in [-0.4, -0.2) is 22.3 Å². The fourth-order valence-electron chi connectivity index (χ4n) is 2.91. The number of thiazole rings is 1. The fraction of sp³-hybridized carbons (Fsp3) is 0.211. The molecule has 3 aromatic rings. The lowest BCUT2D eigenvalue weighted by Gasteiger charge is -2.31. The second-order valence-electron chi connectivity index (χ2n) is 6.76. The first-order valence-corrected chi connectivity index (χ1v) is 9.24. The van der Waals surface area contributed by atoms with Crippen molar-refractivity contribution in [1.82, 2.24) is 4.98 Å². The zero-order valence-corrected chi connectivity index (χ0v) is 15.7. The van der Waals surface area contributed by atoms with Gasteiger partial charge in [0.1, 0.15) is 11.4 Å². The van der Waals surface area contributed by atoms with Gasteiger partial charge in [-0.05, 0) is 50.2 Å². The number of anilines is 1. The number of ether oxygens (including phenoxy) is 1. The molecule has 132 valence electrons. The summed E-state index contributed by atoms with van der Waals surface area (Å²) in [5, 5.41) is 3.88. The van der Waals surface area contributed by atoms with Crippen LogP contribution < -0.4 is 10.1 Å². The van der Waals surface area contributed by atoms with E-state index in [9.17, 15) is 9.59 Å². The summed E-state index contributed by atoms with van der Waals surface area (Å²) < 4.78 is 6.71. The number of amides is 1. The van der Waals surface area contributed by atoms with Crippen LogP contribution in [0.1, 0.15) is 41.0 Å². The van der Waals surface area contributed by atoms with Gasteiger partial charge in [-0.15, -0.1) is 0 Å². The minimum atomic E-state index is -0.532. The van der Waals surface area contributed by atoms with Crippen molar-refractivity contribution in [3.05, 3.63) is 52.5 Å². The Labute approximate surface area is 159 Å². The summed E-state index contributed by atoms with van der Waals surface area (Å²) >= 11 is 7.32. The van der Waals surface area contributed by atoms with Gasteiger partial charge in [-0.25, -0.2) is 4.98 Å². The highest BCUT2D eigenvalue weighted by molar-refractivity contribution is 7.22. The fourth-order valence-corrected chi connectivity index (χ4v) is 4.05. The molecule has 0 saturated heterocycles. The number of Topliss-reactive ketones (excluding diaryl/α,β-unsaturated/α-hetero) is 1. The Morgan fingerprint density at radius 2 is 2.08 bits per heavy atom. The van der Waals surface area contributed by atoms with Gasteiger partial charge in [0.05, 0.1) is 22.2 Å². The smallest absolute Gasteiger partial charge is 0.257 e. The number of carbonyl (C=O) groups excluding carboxylic acids is 2. The molecule has 2 aromatic carbocycles. The molecule has 1 aliphatic rings. The van der Waals surface area contributed by atoms with E-state index < -0.39 is 5.60 Å². The van der Waals surface area contributed by atoms with E-state index >= 15 is 0 Å². The molecule has 1 aliphatic heterocycles. The number of ketones is 1.